The van der Waals surface area contributed by atoms with E-state index in [1.54, 1.807) is 0 Å². The van der Waals surface area contributed by atoms with Gasteiger partial charge in [0, 0.05) is 17.3 Å². The molecule has 1 aliphatic rings. The van der Waals surface area contributed by atoms with Crippen LogP contribution >= 0.6 is 0 Å². The van der Waals surface area contributed by atoms with Crippen LogP contribution < -0.4 is 16.0 Å². The lowest BCUT2D eigenvalue weighted by Crippen LogP contribution is -2.25. The number of carbonyl (C=O) groups is 2. The van der Waals surface area contributed by atoms with Crippen molar-refractivity contribution in [3.05, 3.63) is 66.2 Å². The monoisotopic (exact) mass is 389 g/mol. The third kappa shape index (κ3) is 4.91. The lowest BCUT2D eigenvalue weighted by atomic mass is 10.1. The fourth-order valence-corrected chi connectivity index (χ4v) is 2.51. The van der Waals surface area contributed by atoms with Crippen LogP contribution in [0.5, 0.6) is 0 Å². The first-order valence-electron chi connectivity index (χ1n) is 8.59. The van der Waals surface area contributed by atoms with Crippen LogP contribution in [0.2, 0.25) is 0 Å². The Bertz CT molecular complexity index is 921. The van der Waals surface area contributed by atoms with Crippen LogP contribution in [0.1, 0.15) is 28.8 Å². The van der Waals surface area contributed by atoms with Gasteiger partial charge in [0.05, 0.1) is 16.9 Å². The summed E-state index contributed by atoms with van der Waals surface area (Å²) in [5.74, 6) is -0.783. The highest BCUT2D eigenvalue weighted by atomic mass is 19.4. The van der Waals surface area contributed by atoms with Gasteiger partial charge in [0.2, 0.25) is 5.91 Å². The van der Waals surface area contributed by atoms with E-state index in [0.29, 0.717) is 11.3 Å². The predicted octanol–water partition coefficient (Wildman–Crippen LogP) is 4.47. The zero-order chi connectivity index (χ0) is 20.3. The van der Waals surface area contributed by atoms with Gasteiger partial charge in [-0.2, -0.15) is 13.2 Å². The Morgan fingerprint density at radius 3 is 2.46 bits per heavy atom. The fourth-order valence-electron chi connectivity index (χ4n) is 2.51. The summed E-state index contributed by atoms with van der Waals surface area (Å²) in [6.07, 6.45) is -1.55. The minimum absolute atomic E-state index is 0.168. The second kappa shape index (κ2) is 7.75. The summed E-state index contributed by atoms with van der Waals surface area (Å²) >= 11 is 0. The minimum atomic E-state index is -4.47. The number of halogens is 3. The molecule has 28 heavy (non-hydrogen) atoms. The number of anilines is 3. The molecule has 0 radical (unpaired) electrons. The minimum Gasteiger partial charge on any atom is -0.354 e. The third-order valence-corrected chi connectivity index (χ3v) is 4.11. The molecule has 1 saturated carbocycles. The molecular formula is C20H18F3N3O2. The van der Waals surface area contributed by atoms with Gasteiger partial charge in [0.25, 0.3) is 5.91 Å². The number of alkyl halides is 3. The van der Waals surface area contributed by atoms with Crippen LogP contribution in [0.3, 0.4) is 0 Å². The maximum atomic E-state index is 12.9. The van der Waals surface area contributed by atoms with Gasteiger partial charge in [-0.25, -0.2) is 0 Å². The lowest BCUT2D eigenvalue weighted by Gasteiger charge is -2.15. The van der Waals surface area contributed by atoms with Crippen molar-refractivity contribution in [2.45, 2.75) is 25.1 Å². The van der Waals surface area contributed by atoms with E-state index >= 15 is 0 Å². The second-order valence-electron chi connectivity index (χ2n) is 6.41. The predicted molar refractivity (Wildman–Crippen MR) is 100 cm³/mol. The van der Waals surface area contributed by atoms with E-state index in [4.69, 9.17) is 0 Å². The van der Waals surface area contributed by atoms with Crippen molar-refractivity contribution in [2.24, 2.45) is 0 Å². The molecule has 8 heteroatoms. The highest BCUT2D eigenvalue weighted by molar-refractivity contribution is 6.03. The van der Waals surface area contributed by atoms with Crippen molar-refractivity contribution in [3.63, 3.8) is 0 Å². The first-order chi connectivity index (χ1) is 13.3. The number of hydrogen-bond acceptors (Lipinski definition) is 3. The van der Waals surface area contributed by atoms with Gasteiger partial charge >= 0.3 is 6.18 Å². The number of benzene rings is 2. The summed E-state index contributed by atoms with van der Waals surface area (Å²) in [7, 11) is 0. The van der Waals surface area contributed by atoms with Crippen molar-refractivity contribution >= 4 is 28.9 Å². The lowest BCUT2D eigenvalue weighted by molar-refractivity contribution is -0.137. The molecule has 2 aromatic rings. The molecule has 0 aromatic heterocycles. The number of nitrogens with one attached hydrogen (secondary N) is 3. The molecule has 1 aliphatic carbocycles. The Kier molecular flexibility index (Phi) is 5.39. The van der Waals surface area contributed by atoms with Crippen LogP contribution in [-0.2, 0) is 11.0 Å². The fraction of sp³-hybridized carbons (Fsp3) is 0.200. The first-order valence-corrected chi connectivity index (χ1v) is 8.59. The van der Waals surface area contributed by atoms with Crippen molar-refractivity contribution < 1.29 is 22.8 Å². The van der Waals surface area contributed by atoms with E-state index in [1.807, 2.05) is 0 Å². The molecule has 3 N–H and O–H groups in total. The number of amides is 2. The van der Waals surface area contributed by atoms with Gasteiger partial charge in [-0.15, -0.1) is 0 Å². The Balaban J connectivity index is 1.89. The van der Waals surface area contributed by atoms with Crippen molar-refractivity contribution in [1.29, 1.82) is 0 Å². The molecule has 0 atom stereocenters. The van der Waals surface area contributed by atoms with Gasteiger partial charge < -0.3 is 16.0 Å². The SMILES string of the molecule is C=CC(=O)Nc1cc(C(=O)NC2CC2)ccc1Nc1cccc(C(F)(F)F)c1. The average Bonchev–Trinajstić information content (AvgIpc) is 3.46. The summed E-state index contributed by atoms with van der Waals surface area (Å²) in [4.78, 5) is 24.0. The Morgan fingerprint density at radius 2 is 1.82 bits per heavy atom. The van der Waals surface area contributed by atoms with Crippen molar-refractivity contribution in [3.8, 4) is 0 Å². The van der Waals surface area contributed by atoms with Crippen LogP contribution in [0.15, 0.2) is 55.1 Å². The molecule has 0 saturated heterocycles. The van der Waals surface area contributed by atoms with E-state index in [1.165, 1.54) is 30.3 Å². The van der Waals surface area contributed by atoms with E-state index in [-0.39, 0.29) is 23.3 Å². The summed E-state index contributed by atoms with van der Waals surface area (Å²) in [6.45, 7) is 3.38. The largest absolute Gasteiger partial charge is 0.416 e. The normalized spacial score (nSPS) is 13.5. The molecule has 2 aromatic carbocycles. The molecule has 0 aliphatic heterocycles. The molecule has 0 heterocycles. The van der Waals surface area contributed by atoms with Crippen LogP contribution in [0, 0.1) is 0 Å². The number of hydrogen-bond donors (Lipinski definition) is 3. The summed E-state index contributed by atoms with van der Waals surface area (Å²) in [5.41, 5.74) is 0.331. The molecular weight excluding hydrogens is 371 g/mol. The molecule has 0 bridgehead atoms. The van der Waals surface area contributed by atoms with Crippen LogP contribution in [-0.4, -0.2) is 17.9 Å². The summed E-state index contributed by atoms with van der Waals surface area (Å²) < 4.78 is 38.7. The standard InChI is InChI=1S/C20H18F3N3O2/c1-2-18(27)26-17-10-12(19(28)25-14-7-8-14)6-9-16(17)24-15-5-3-4-13(11-15)20(21,22)23/h2-6,9-11,14,24H,1,7-8H2,(H,25,28)(H,26,27). The van der Waals surface area contributed by atoms with E-state index in [2.05, 4.69) is 22.5 Å². The second-order valence-corrected chi connectivity index (χ2v) is 6.41. The smallest absolute Gasteiger partial charge is 0.354 e. The third-order valence-electron chi connectivity index (χ3n) is 4.11. The average molecular weight is 389 g/mol. The summed E-state index contributed by atoms with van der Waals surface area (Å²) in [5, 5.41) is 8.26. The van der Waals surface area contributed by atoms with Crippen LogP contribution in [0.25, 0.3) is 0 Å². The van der Waals surface area contributed by atoms with E-state index in [9.17, 15) is 22.8 Å². The topological polar surface area (TPSA) is 70.2 Å². The van der Waals surface area contributed by atoms with Crippen molar-refractivity contribution in [2.75, 3.05) is 10.6 Å². The number of rotatable bonds is 6. The zero-order valence-electron chi connectivity index (χ0n) is 14.8. The molecule has 5 nitrogen and oxygen atoms in total. The zero-order valence-corrected chi connectivity index (χ0v) is 14.8. The molecule has 0 spiro atoms. The van der Waals surface area contributed by atoms with Gasteiger partial charge in [-0.1, -0.05) is 12.6 Å². The summed E-state index contributed by atoms with van der Waals surface area (Å²) in [6, 6.07) is 9.39. The van der Waals surface area contributed by atoms with Crippen molar-refractivity contribution in [1.82, 2.24) is 5.32 Å². The van der Waals surface area contributed by atoms with Gasteiger partial charge in [-0.3, -0.25) is 9.59 Å². The van der Waals surface area contributed by atoms with Gasteiger partial charge in [0.1, 0.15) is 0 Å². The number of carbonyl (C=O) groups excluding carboxylic acids is 2. The van der Waals surface area contributed by atoms with E-state index < -0.39 is 17.6 Å². The molecule has 2 amide bonds. The Labute approximate surface area is 159 Å². The molecule has 0 unspecified atom stereocenters. The maximum absolute atomic E-state index is 12.9. The van der Waals surface area contributed by atoms with Gasteiger partial charge in [-0.05, 0) is 55.3 Å². The highest BCUT2D eigenvalue weighted by Gasteiger charge is 2.30. The quantitative estimate of drug-likeness (QED) is 0.639. The molecule has 3 rings (SSSR count). The van der Waals surface area contributed by atoms with Gasteiger partial charge in [0.15, 0.2) is 0 Å². The highest BCUT2D eigenvalue weighted by Crippen LogP contribution is 2.33. The maximum Gasteiger partial charge on any atom is 0.416 e. The molecule has 1 fully saturated rings. The Morgan fingerprint density at radius 1 is 1.07 bits per heavy atom. The first kappa shape index (κ1) is 19.5. The van der Waals surface area contributed by atoms with Crippen LogP contribution in [0.4, 0.5) is 30.2 Å². The molecule has 146 valence electrons. The Hall–Kier alpha value is -3.29. The van der Waals surface area contributed by atoms with E-state index in [0.717, 1.165) is 31.1 Å².